The van der Waals surface area contributed by atoms with Gasteiger partial charge in [0.15, 0.2) is 0 Å². The lowest BCUT2D eigenvalue weighted by atomic mass is 10.0. The minimum absolute atomic E-state index is 0.206. The lowest BCUT2D eigenvalue weighted by Crippen LogP contribution is -1.99. The highest BCUT2D eigenvalue weighted by atomic mass is 16.4. The molecule has 86 valence electrons. The molecular weight excluding hydrogens is 220 g/mol. The van der Waals surface area contributed by atoms with E-state index in [4.69, 9.17) is 4.42 Å². The van der Waals surface area contributed by atoms with Gasteiger partial charge in [-0.2, -0.15) is 0 Å². The first-order valence-corrected chi connectivity index (χ1v) is 5.17. The Hall–Kier alpha value is -2.23. The van der Waals surface area contributed by atoms with Crippen LogP contribution in [-0.4, -0.2) is 12.6 Å². The van der Waals surface area contributed by atoms with E-state index in [1.54, 1.807) is 18.2 Å². The van der Waals surface area contributed by atoms with Gasteiger partial charge in [-0.25, -0.2) is 4.79 Å². The first-order valence-electron chi connectivity index (χ1n) is 5.17. The van der Waals surface area contributed by atoms with Crippen molar-refractivity contribution in [3.63, 3.8) is 0 Å². The number of carbonyl (C=O) groups is 2. The number of hydrogen-bond donors (Lipinski definition) is 0. The SMILES string of the molecule is O=CCc1cc2ccc(=O)oc2cc1CC=O. The number of aldehydes is 2. The molecule has 4 heteroatoms. The van der Waals surface area contributed by atoms with Gasteiger partial charge in [0.1, 0.15) is 18.2 Å². The fourth-order valence-corrected chi connectivity index (χ4v) is 1.76. The zero-order chi connectivity index (χ0) is 12.3. The zero-order valence-electron chi connectivity index (χ0n) is 9.01. The molecule has 17 heavy (non-hydrogen) atoms. The molecule has 0 saturated carbocycles. The van der Waals surface area contributed by atoms with Crippen molar-refractivity contribution < 1.29 is 14.0 Å². The van der Waals surface area contributed by atoms with Crippen LogP contribution in [-0.2, 0) is 22.4 Å². The van der Waals surface area contributed by atoms with Crippen molar-refractivity contribution in [3.8, 4) is 0 Å². The second-order valence-electron chi connectivity index (χ2n) is 3.65. The molecule has 0 aliphatic carbocycles. The molecule has 1 aromatic heterocycles. The van der Waals surface area contributed by atoms with Gasteiger partial charge in [-0.3, -0.25) is 0 Å². The van der Waals surface area contributed by atoms with E-state index in [0.717, 1.165) is 23.5 Å². The lowest BCUT2D eigenvalue weighted by Gasteiger charge is -2.05. The van der Waals surface area contributed by atoms with E-state index in [2.05, 4.69) is 0 Å². The van der Waals surface area contributed by atoms with Crippen LogP contribution in [0.2, 0.25) is 0 Å². The first kappa shape index (κ1) is 11.3. The Morgan fingerprint density at radius 2 is 1.65 bits per heavy atom. The fourth-order valence-electron chi connectivity index (χ4n) is 1.76. The van der Waals surface area contributed by atoms with Crippen LogP contribution in [0.25, 0.3) is 11.0 Å². The maximum atomic E-state index is 11.1. The highest BCUT2D eigenvalue weighted by molar-refractivity contribution is 5.80. The molecule has 0 unspecified atom stereocenters. The van der Waals surface area contributed by atoms with Gasteiger partial charge < -0.3 is 14.0 Å². The molecule has 2 aromatic rings. The summed E-state index contributed by atoms with van der Waals surface area (Å²) in [5.41, 5.74) is 1.50. The van der Waals surface area contributed by atoms with Crippen LogP contribution in [0.3, 0.4) is 0 Å². The summed E-state index contributed by atoms with van der Waals surface area (Å²) in [6.45, 7) is 0. The average molecular weight is 230 g/mol. The Balaban J connectivity index is 2.66. The highest BCUT2D eigenvalue weighted by Crippen LogP contribution is 2.19. The molecule has 2 rings (SSSR count). The van der Waals surface area contributed by atoms with Gasteiger partial charge in [-0.15, -0.1) is 0 Å². The summed E-state index contributed by atoms with van der Waals surface area (Å²) < 4.78 is 5.02. The largest absolute Gasteiger partial charge is 0.423 e. The van der Waals surface area contributed by atoms with Crippen LogP contribution < -0.4 is 5.63 Å². The summed E-state index contributed by atoms with van der Waals surface area (Å²) in [5, 5.41) is 0.746. The van der Waals surface area contributed by atoms with Crippen LogP contribution in [0.5, 0.6) is 0 Å². The van der Waals surface area contributed by atoms with Gasteiger partial charge in [0.05, 0.1) is 0 Å². The Labute approximate surface area is 96.9 Å². The van der Waals surface area contributed by atoms with Crippen LogP contribution >= 0.6 is 0 Å². The third-order valence-electron chi connectivity index (χ3n) is 2.55. The Kier molecular flexibility index (Phi) is 3.14. The molecule has 0 amide bonds. The molecule has 0 spiro atoms. The minimum Gasteiger partial charge on any atom is -0.423 e. The van der Waals surface area contributed by atoms with E-state index >= 15 is 0 Å². The molecule has 0 aliphatic heterocycles. The lowest BCUT2D eigenvalue weighted by molar-refractivity contribution is -0.108. The van der Waals surface area contributed by atoms with Crippen molar-refractivity contribution in [1.29, 1.82) is 0 Å². The summed E-state index contributed by atoms with van der Waals surface area (Å²) in [5.74, 6) is 0. The summed E-state index contributed by atoms with van der Waals surface area (Å²) in [6, 6.07) is 6.38. The molecule has 0 radical (unpaired) electrons. The Morgan fingerprint density at radius 1 is 1.00 bits per heavy atom. The number of fused-ring (bicyclic) bond motifs is 1. The number of hydrogen-bond acceptors (Lipinski definition) is 4. The number of benzene rings is 1. The van der Waals surface area contributed by atoms with Gasteiger partial charge in [0.2, 0.25) is 0 Å². The van der Waals surface area contributed by atoms with Crippen molar-refractivity contribution in [3.05, 3.63) is 45.8 Å². The average Bonchev–Trinajstić information content (AvgIpc) is 2.31. The second kappa shape index (κ2) is 4.74. The molecule has 0 fully saturated rings. The quantitative estimate of drug-likeness (QED) is 0.586. The van der Waals surface area contributed by atoms with Crippen LogP contribution in [0.1, 0.15) is 11.1 Å². The summed E-state index contributed by atoms with van der Waals surface area (Å²) in [6.07, 6.45) is 2.00. The van der Waals surface area contributed by atoms with Gasteiger partial charge in [0.25, 0.3) is 0 Å². The van der Waals surface area contributed by atoms with E-state index in [9.17, 15) is 14.4 Å². The van der Waals surface area contributed by atoms with Crippen molar-refractivity contribution in [2.75, 3.05) is 0 Å². The van der Waals surface area contributed by atoms with Crippen LogP contribution in [0, 0.1) is 0 Å². The van der Waals surface area contributed by atoms with E-state index in [0.29, 0.717) is 11.1 Å². The van der Waals surface area contributed by atoms with Crippen molar-refractivity contribution >= 4 is 23.5 Å². The molecule has 4 nitrogen and oxygen atoms in total. The Bertz CT molecular complexity index is 625. The molecular formula is C13H10O4. The van der Waals surface area contributed by atoms with Gasteiger partial charge in [-0.1, -0.05) is 0 Å². The predicted octanol–water partition coefficient (Wildman–Crippen LogP) is 1.28. The normalized spacial score (nSPS) is 10.4. The van der Waals surface area contributed by atoms with E-state index in [1.165, 1.54) is 6.07 Å². The van der Waals surface area contributed by atoms with Gasteiger partial charge >= 0.3 is 5.63 Å². The van der Waals surface area contributed by atoms with E-state index in [-0.39, 0.29) is 12.8 Å². The fraction of sp³-hybridized carbons (Fsp3) is 0.154. The third kappa shape index (κ3) is 2.30. The standard InChI is InChI=1S/C13H10O4/c14-5-3-9-7-11-1-2-13(16)17-12(11)8-10(9)4-6-15/h1-2,5-8H,3-4H2. The van der Waals surface area contributed by atoms with Crippen molar-refractivity contribution in [2.24, 2.45) is 0 Å². The first-order chi connectivity index (χ1) is 8.24. The maximum Gasteiger partial charge on any atom is 0.336 e. The molecule has 0 N–H and O–H groups in total. The van der Waals surface area contributed by atoms with Crippen LogP contribution in [0.4, 0.5) is 0 Å². The van der Waals surface area contributed by atoms with E-state index < -0.39 is 5.63 Å². The summed E-state index contributed by atoms with van der Waals surface area (Å²) in [4.78, 5) is 32.2. The van der Waals surface area contributed by atoms with Gasteiger partial charge in [-0.05, 0) is 29.3 Å². The second-order valence-corrected chi connectivity index (χ2v) is 3.65. The van der Waals surface area contributed by atoms with Crippen molar-refractivity contribution in [1.82, 2.24) is 0 Å². The topological polar surface area (TPSA) is 64.3 Å². The molecule has 1 heterocycles. The molecule has 1 aromatic carbocycles. The third-order valence-corrected chi connectivity index (χ3v) is 2.55. The maximum absolute atomic E-state index is 11.1. The van der Waals surface area contributed by atoms with E-state index in [1.807, 2.05) is 0 Å². The van der Waals surface area contributed by atoms with Gasteiger partial charge in [0, 0.05) is 24.3 Å². The Morgan fingerprint density at radius 3 is 2.29 bits per heavy atom. The number of carbonyl (C=O) groups excluding carboxylic acids is 2. The molecule has 0 aliphatic rings. The predicted molar refractivity (Wildman–Crippen MR) is 62.0 cm³/mol. The molecule has 0 saturated heterocycles. The molecule has 0 atom stereocenters. The monoisotopic (exact) mass is 230 g/mol. The smallest absolute Gasteiger partial charge is 0.336 e. The van der Waals surface area contributed by atoms with Crippen molar-refractivity contribution in [2.45, 2.75) is 12.8 Å². The zero-order valence-corrected chi connectivity index (χ0v) is 9.01. The summed E-state index contributed by atoms with van der Waals surface area (Å²) >= 11 is 0. The molecule has 0 bridgehead atoms. The van der Waals surface area contributed by atoms with Crippen LogP contribution in [0.15, 0.2) is 33.5 Å². The highest BCUT2D eigenvalue weighted by Gasteiger charge is 2.06. The summed E-state index contributed by atoms with van der Waals surface area (Å²) in [7, 11) is 0. The number of rotatable bonds is 4. The minimum atomic E-state index is -0.433.